The van der Waals surface area contributed by atoms with Gasteiger partial charge in [-0.25, -0.2) is 4.98 Å². The first kappa shape index (κ1) is 11.5. The van der Waals surface area contributed by atoms with Crippen molar-refractivity contribution in [2.24, 2.45) is 0 Å². The summed E-state index contributed by atoms with van der Waals surface area (Å²) in [4.78, 5) is 4.55. The average molecular weight is 243 g/mol. The molecule has 1 saturated carbocycles. The van der Waals surface area contributed by atoms with Crippen LogP contribution in [0.2, 0.25) is 0 Å². The summed E-state index contributed by atoms with van der Waals surface area (Å²) >= 11 is 0. The predicted molar refractivity (Wildman–Crippen MR) is 70.9 cm³/mol. The second kappa shape index (κ2) is 3.95. The van der Waals surface area contributed by atoms with Gasteiger partial charge in [-0.05, 0) is 31.9 Å². The molecule has 0 spiro atoms. The van der Waals surface area contributed by atoms with Crippen LogP contribution in [0.25, 0.3) is 10.9 Å². The number of nitrogens with zero attached hydrogens (tertiary/aromatic N) is 1. The highest BCUT2D eigenvalue weighted by atomic mass is 16.5. The van der Waals surface area contributed by atoms with E-state index < -0.39 is 0 Å². The van der Waals surface area contributed by atoms with Crippen molar-refractivity contribution >= 4 is 10.9 Å². The van der Waals surface area contributed by atoms with Crippen molar-refractivity contribution in [2.75, 3.05) is 7.11 Å². The maximum atomic E-state index is 10.0. The van der Waals surface area contributed by atoms with Crippen LogP contribution in [-0.2, 0) is 5.41 Å². The minimum Gasteiger partial charge on any atom is -0.481 e. The summed E-state index contributed by atoms with van der Waals surface area (Å²) in [6.07, 6.45) is 1.64. The molecule has 1 unspecified atom stereocenters. The third-order valence-electron chi connectivity index (χ3n) is 4.01. The van der Waals surface area contributed by atoms with Crippen LogP contribution in [0, 0.1) is 0 Å². The SMILES string of the molecule is COc1nc2ccccc2cc1C1(C(C)O)CC1. The highest BCUT2D eigenvalue weighted by Crippen LogP contribution is 2.53. The van der Waals surface area contributed by atoms with Gasteiger partial charge in [-0.2, -0.15) is 0 Å². The molecule has 1 heterocycles. The van der Waals surface area contributed by atoms with E-state index in [1.807, 2.05) is 31.2 Å². The Labute approximate surface area is 106 Å². The van der Waals surface area contributed by atoms with Gasteiger partial charge < -0.3 is 9.84 Å². The van der Waals surface area contributed by atoms with Gasteiger partial charge in [-0.15, -0.1) is 0 Å². The van der Waals surface area contributed by atoms with E-state index in [1.165, 1.54) is 0 Å². The largest absolute Gasteiger partial charge is 0.481 e. The molecule has 1 aromatic heterocycles. The van der Waals surface area contributed by atoms with Gasteiger partial charge in [-0.1, -0.05) is 18.2 Å². The zero-order valence-corrected chi connectivity index (χ0v) is 10.7. The van der Waals surface area contributed by atoms with E-state index >= 15 is 0 Å². The van der Waals surface area contributed by atoms with E-state index in [0.717, 1.165) is 29.3 Å². The number of rotatable bonds is 3. The lowest BCUT2D eigenvalue weighted by Crippen LogP contribution is -2.23. The molecule has 0 aliphatic heterocycles. The fourth-order valence-electron chi connectivity index (χ4n) is 2.66. The highest BCUT2D eigenvalue weighted by Gasteiger charge is 2.50. The van der Waals surface area contributed by atoms with Crippen LogP contribution in [0.3, 0.4) is 0 Å². The number of hydrogen-bond donors (Lipinski definition) is 1. The van der Waals surface area contributed by atoms with Gasteiger partial charge in [0.25, 0.3) is 0 Å². The standard InChI is InChI=1S/C15H17NO2/c1-10(17)15(7-8-15)12-9-11-5-3-4-6-13(11)16-14(12)18-2/h3-6,9-10,17H,7-8H2,1-2H3. The zero-order chi connectivity index (χ0) is 12.8. The van der Waals surface area contributed by atoms with Gasteiger partial charge in [0.2, 0.25) is 5.88 Å². The molecule has 3 nitrogen and oxygen atoms in total. The summed E-state index contributed by atoms with van der Waals surface area (Å²) in [5, 5.41) is 11.1. The van der Waals surface area contributed by atoms with Gasteiger partial charge in [0.1, 0.15) is 0 Å². The molecule has 94 valence electrons. The van der Waals surface area contributed by atoms with Crippen molar-refractivity contribution in [3.05, 3.63) is 35.9 Å². The van der Waals surface area contributed by atoms with Crippen molar-refractivity contribution in [1.82, 2.24) is 4.98 Å². The van der Waals surface area contributed by atoms with Crippen molar-refractivity contribution in [3.63, 3.8) is 0 Å². The molecule has 0 amide bonds. The number of aromatic nitrogens is 1. The fraction of sp³-hybridized carbons (Fsp3) is 0.400. The molecular weight excluding hydrogens is 226 g/mol. The number of benzene rings is 1. The molecule has 0 saturated heterocycles. The molecule has 3 rings (SSSR count). The lowest BCUT2D eigenvalue weighted by atomic mass is 9.90. The summed E-state index contributed by atoms with van der Waals surface area (Å²) in [6.45, 7) is 1.85. The van der Waals surface area contributed by atoms with Crippen LogP contribution in [0.5, 0.6) is 5.88 Å². The second-order valence-electron chi connectivity index (χ2n) is 5.07. The van der Waals surface area contributed by atoms with Gasteiger partial charge in [0, 0.05) is 16.4 Å². The van der Waals surface area contributed by atoms with E-state index in [1.54, 1.807) is 7.11 Å². The van der Waals surface area contributed by atoms with E-state index in [-0.39, 0.29) is 11.5 Å². The summed E-state index contributed by atoms with van der Waals surface area (Å²) in [5.74, 6) is 0.645. The Hall–Kier alpha value is -1.61. The first-order valence-electron chi connectivity index (χ1n) is 6.30. The quantitative estimate of drug-likeness (QED) is 0.901. The topological polar surface area (TPSA) is 42.4 Å². The Morgan fingerprint density at radius 3 is 2.67 bits per heavy atom. The van der Waals surface area contributed by atoms with Crippen molar-refractivity contribution in [2.45, 2.75) is 31.3 Å². The number of para-hydroxylation sites is 1. The first-order chi connectivity index (χ1) is 8.67. The lowest BCUT2D eigenvalue weighted by Gasteiger charge is -2.21. The number of pyridine rings is 1. The maximum Gasteiger partial charge on any atom is 0.217 e. The Kier molecular flexibility index (Phi) is 2.52. The lowest BCUT2D eigenvalue weighted by molar-refractivity contribution is 0.148. The highest BCUT2D eigenvalue weighted by molar-refractivity contribution is 5.80. The Morgan fingerprint density at radius 1 is 1.33 bits per heavy atom. The second-order valence-corrected chi connectivity index (χ2v) is 5.07. The maximum absolute atomic E-state index is 10.0. The minimum absolute atomic E-state index is 0.150. The van der Waals surface area contributed by atoms with Gasteiger partial charge >= 0.3 is 0 Å². The molecule has 1 aliphatic carbocycles. The Bertz CT molecular complexity index is 588. The van der Waals surface area contributed by atoms with Crippen LogP contribution in [0.1, 0.15) is 25.3 Å². The number of ether oxygens (including phenoxy) is 1. The summed E-state index contributed by atoms with van der Waals surface area (Å²) in [6, 6.07) is 10.1. The number of fused-ring (bicyclic) bond motifs is 1. The molecular formula is C15H17NO2. The monoisotopic (exact) mass is 243 g/mol. The molecule has 1 N–H and O–H groups in total. The van der Waals surface area contributed by atoms with E-state index in [9.17, 15) is 5.11 Å². The summed E-state index contributed by atoms with van der Waals surface area (Å²) in [7, 11) is 1.64. The van der Waals surface area contributed by atoms with Crippen LogP contribution >= 0.6 is 0 Å². The molecule has 1 aliphatic rings. The average Bonchev–Trinajstić information content (AvgIpc) is 3.18. The van der Waals surface area contributed by atoms with Crippen molar-refractivity contribution in [3.8, 4) is 5.88 Å². The van der Waals surface area contributed by atoms with Crippen molar-refractivity contribution in [1.29, 1.82) is 0 Å². The number of aliphatic hydroxyl groups excluding tert-OH is 1. The molecule has 0 radical (unpaired) electrons. The molecule has 18 heavy (non-hydrogen) atoms. The molecule has 3 heteroatoms. The zero-order valence-electron chi connectivity index (χ0n) is 10.7. The van der Waals surface area contributed by atoms with Crippen LogP contribution in [0.15, 0.2) is 30.3 Å². The number of hydrogen-bond acceptors (Lipinski definition) is 3. The number of methoxy groups -OCH3 is 1. The van der Waals surface area contributed by atoms with Crippen LogP contribution in [-0.4, -0.2) is 23.3 Å². The van der Waals surface area contributed by atoms with Gasteiger partial charge in [0.05, 0.1) is 18.7 Å². The smallest absolute Gasteiger partial charge is 0.217 e. The van der Waals surface area contributed by atoms with Crippen LogP contribution < -0.4 is 4.74 Å². The van der Waals surface area contributed by atoms with Crippen molar-refractivity contribution < 1.29 is 9.84 Å². The minimum atomic E-state index is -0.366. The third kappa shape index (κ3) is 1.58. The van der Waals surface area contributed by atoms with E-state index in [0.29, 0.717) is 5.88 Å². The molecule has 1 fully saturated rings. The van der Waals surface area contributed by atoms with Gasteiger partial charge in [0.15, 0.2) is 0 Å². The van der Waals surface area contributed by atoms with E-state index in [4.69, 9.17) is 4.74 Å². The normalized spacial score (nSPS) is 18.6. The molecule has 1 atom stereocenters. The third-order valence-corrected chi connectivity index (χ3v) is 4.01. The Morgan fingerprint density at radius 2 is 2.06 bits per heavy atom. The first-order valence-corrected chi connectivity index (χ1v) is 6.30. The summed E-state index contributed by atoms with van der Waals surface area (Å²) < 4.78 is 5.41. The van der Waals surface area contributed by atoms with E-state index in [2.05, 4.69) is 11.1 Å². The predicted octanol–water partition coefficient (Wildman–Crippen LogP) is 2.66. The van der Waals surface area contributed by atoms with Crippen LogP contribution in [0.4, 0.5) is 0 Å². The van der Waals surface area contributed by atoms with Gasteiger partial charge in [-0.3, -0.25) is 0 Å². The number of aliphatic hydroxyl groups is 1. The fourth-order valence-corrected chi connectivity index (χ4v) is 2.66. The Balaban J connectivity index is 2.22. The molecule has 1 aromatic carbocycles. The molecule has 0 bridgehead atoms. The molecule has 2 aromatic rings. The summed E-state index contributed by atoms with van der Waals surface area (Å²) in [5.41, 5.74) is 1.82.